The van der Waals surface area contributed by atoms with Gasteiger partial charge in [-0.3, -0.25) is 0 Å². The SMILES string of the molecule is C/C=C(\c1sc2ccccc2c1C)N(c1ccc(-c2ccccc2)cc1)c1ccc2c(ccc3c4ccccc4ccc23)c1. The molecule has 1 nitrogen and oxygen atoms in total. The molecule has 0 fully saturated rings. The van der Waals surface area contributed by atoms with E-state index in [9.17, 15) is 0 Å². The van der Waals surface area contributed by atoms with Crippen LogP contribution in [0.25, 0.3) is 59.2 Å². The molecule has 7 aromatic carbocycles. The fourth-order valence-corrected chi connectivity index (χ4v) is 7.87. The lowest BCUT2D eigenvalue weighted by molar-refractivity contribution is 1.29. The number of fused-ring (bicyclic) bond motifs is 6. The molecular formula is C42H31NS. The van der Waals surface area contributed by atoms with Crippen molar-refractivity contribution in [2.75, 3.05) is 4.90 Å². The van der Waals surface area contributed by atoms with Gasteiger partial charge in [0.25, 0.3) is 0 Å². The van der Waals surface area contributed by atoms with Crippen LogP contribution in [0.2, 0.25) is 0 Å². The molecule has 0 unspecified atom stereocenters. The van der Waals surface area contributed by atoms with E-state index in [4.69, 9.17) is 0 Å². The second-order valence-electron chi connectivity index (χ2n) is 11.3. The van der Waals surface area contributed by atoms with Crippen LogP contribution in [-0.4, -0.2) is 0 Å². The molecule has 0 atom stereocenters. The summed E-state index contributed by atoms with van der Waals surface area (Å²) >= 11 is 1.87. The summed E-state index contributed by atoms with van der Waals surface area (Å²) in [6.45, 7) is 4.41. The average molecular weight is 582 g/mol. The third-order valence-electron chi connectivity index (χ3n) is 8.81. The second kappa shape index (κ2) is 10.8. The number of anilines is 2. The topological polar surface area (TPSA) is 3.24 Å². The highest BCUT2D eigenvalue weighted by Crippen LogP contribution is 2.43. The van der Waals surface area contributed by atoms with Crippen LogP contribution in [0, 0.1) is 6.92 Å². The summed E-state index contributed by atoms with van der Waals surface area (Å²) < 4.78 is 1.32. The Balaban J connectivity index is 1.31. The van der Waals surface area contributed by atoms with E-state index in [1.807, 2.05) is 11.3 Å². The summed E-state index contributed by atoms with van der Waals surface area (Å²) in [5, 5.41) is 8.99. The third kappa shape index (κ3) is 4.38. The van der Waals surface area contributed by atoms with E-state index in [-0.39, 0.29) is 0 Å². The van der Waals surface area contributed by atoms with Crippen molar-refractivity contribution in [2.24, 2.45) is 0 Å². The summed E-state index contributed by atoms with van der Waals surface area (Å²) in [4.78, 5) is 3.72. The van der Waals surface area contributed by atoms with Gasteiger partial charge < -0.3 is 4.90 Å². The maximum absolute atomic E-state index is 2.43. The lowest BCUT2D eigenvalue weighted by Gasteiger charge is -2.28. The van der Waals surface area contributed by atoms with E-state index >= 15 is 0 Å². The minimum atomic E-state index is 1.14. The Morgan fingerprint density at radius 3 is 1.86 bits per heavy atom. The van der Waals surface area contributed by atoms with Crippen molar-refractivity contribution in [3.63, 3.8) is 0 Å². The molecule has 0 aliphatic heterocycles. The van der Waals surface area contributed by atoms with Gasteiger partial charge in [0.05, 0.1) is 10.6 Å². The zero-order chi connectivity index (χ0) is 29.6. The minimum Gasteiger partial charge on any atom is -0.309 e. The Hall–Kier alpha value is -5.18. The van der Waals surface area contributed by atoms with Crippen LogP contribution in [-0.2, 0) is 0 Å². The number of aryl methyl sites for hydroxylation is 1. The van der Waals surface area contributed by atoms with Crippen LogP contribution in [0.4, 0.5) is 11.4 Å². The van der Waals surface area contributed by atoms with Crippen LogP contribution >= 0.6 is 11.3 Å². The van der Waals surface area contributed by atoms with Gasteiger partial charge in [-0.15, -0.1) is 11.3 Å². The number of nitrogens with zero attached hydrogens (tertiary/aromatic N) is 1. The van der Waals surface area contributed by atoms with Crippen molar-refractivity contribution < 1.29 is 0 Å². The maximum Gasteiger partial charge on any atom is 0.0594 e. The van der Waals surface area contributed by atoms with Gasteiger partial charge in [0.1, 0.15) is 0 Å². The Bertz CT molecular complexity index is 2340. The first-order valence-corrected chi connectivity index (χ1v) is 16.0. The molecule has 0 aliphatic carbocycles. The van der Waals surface area contributed by atoms with Crippen molar-refractivity contribution in [3.8, 4) is 11.1 Å². The molecular weight excluding hydrogens is 551 g/mol. The highest BCUT2D eigenvalue weighted by atomic mass is 32.1. The van der Waals surface area contributed by atoms with Crippen molar-refractivity contribution in [1.29, 1.82) is 0 Å². The Kier molecular flexibility index (Phi) is 6.51. The highest BCUT2D eigenvalue weighted by Gasteiger charge is 2.21. The quantitative estimate of drug-likeness (QED) is 0.183. The molecule has 44 heavy (non-hydrogen) atoms. The van der Waals surface area contributed by atoms with Crippen molar-refractivity contribution in [2.45, 2.75) is 13.8 Å². The molecule has 0 bridgehead atoms. The molecule has 0 saturated heterocycles. The lowest BCUT2D eigenvalue weighted by atomic mass is 9.96. The van der Waals surface area contributed by atoms with Gasteiger partial charge in [-0.05, 0) is 98.6 Å². The van der Waals surface area contributed by atoms with E-state index in [2.05, 4.69) is 170 Å². The first kappa shape index (κ1) is 26.4. The average Bonchev–Trinajstić information content (AvgIpc) is 3.42. The van der Waals surface area contributed by atoms with E-state index in [1.165, 1.54) is 69.7 Å². The predicted octanol–water partition coefficient (Wildman–Crippen LogP) is 12.5. The summed E-state index contributed by atoms with van der Waals surface area (Å²) in [5.74, 6) is 0. The van der Waals surface area contributed by atoms with E-state index < -0.39 is 0 Å². The number of hydrogen-bond acceptors (Lipinski definition) is 2. The van der Waals surface area contributed by atoms with Crippen LogP contribution < -0.4 is 4.90 Å². The molecule has 0 radical (unpaired) electrons. The van der Waals surface area contributed by atoms with Crippen molar-refractivity contribution in [3.05, 3.63) is 162 Å². The number of allylic oxidation sites excluding steroid dienone is 1. The van der Waals surface area contributed by atoms with Gasteiger partial charge in [-0.2, -0.15) is 0 Å². The summed E-state index contributed by atoms with van der Waals surface area (Å²) in [6, 6.07) is 53.0. The van der Waals surface area contributed by atoms with E-state index in [1.54, 1.807) is 0 Å². The van der Waals surface area contributed by atoms with Crippen LogP contribution in [0.5, 0.6) is 0 Å². The number of hydrogen-bond donors (Lipinski definition) is 0. The van der Waals surface area contributed by atoms with Crippen molar-refractivity contribution >= 4 is 70.8 Å². The zero-order valence-electron chi connectivity index (χ0n) is 24.8. The van der Waals surface area contributed by atoms with Crippen LogP contribution in [0.1, 0.15) is 17.4 Å². The highest BCUT2D eigenvalue weighted by molar-refractivity contribution is 7.20. The summed E-state index contributed by atoms with van der Waals surface area (Å²) in [5.41, 5.74) is 7.25. The molecule has 0 spiro atoms. The van der Waals surface area contributed by atoms with E-state index in [0.717, 1.165) is 11.4 Å². The zero-order valence-corrected chi connectivity index (χ0v) is 25.6. The molecule has 0 saturated carbocycles. The monoisotopic (exact) mass is 581 g/mol. The Morgan fingerprint density at radius 2 is 1.11 bits per heavy atom. The molecule has 1 heterocycles. The molecule has 0 amide bonds. The summed E-state index contributed by atoms with van der Waals surface area (Å²) in [7, 11) is 0. The Morgan fingerprint density at radius 1 is 0.523 bits per heavy atom. The molecule has 1 aromatic heterocycles. The van der Waals surface area contributed by atoms with Gasteiger partial charge in [0.2, 0.25) is 0 Å². The fourth-order valence-electron chi connectivity index (χ4n) is 6.60. The van der Waals surface area contributed by atoms with Crippen LogP contribution in [0.3, 0.4) is 0 Å². The largest absolute Gasteiger partial charge is 0.309 e. The minimum absolute atomic E-state index is 1.14. The number of thiophene rings is 1. The van der Waals surface area contributed by atoms with Gasteiger partial charge in [-0.25, -0.2) is 0 Å². The molecule has 210 valence electrons. The van der Waals surface area contributed by atoms with Crippen LogP contribution in [0.15, 0.2) is 152 Å². The van der Waals surface area contributed by atoms with Gasteiger partial charge in [0, 0.05) is 16.1 Å². The van der Waals surface area contributed by atoms with Gasteiger partial charge >= 0.3 is 0 Å². The second-order valence-corrected chi connectivity index (χ2v) is 12.4. The molecule has 8 rings (SSSR count). The first-order valence-electron chi connectivity index (χ1n) is 15.1. The Labute approximate surface area is 261 Å². The lowest BCUT2D eigenvalue weighted by Crippen LogP contribution is -2.15. The molecule has 0 aliphatic rings. The number of rotatable bonds is 5. The maximum atomic E-state index is 2.43. The van der Waals surface area contributed by atoms with Gasteiger partial charge in [0.15, 0.2) is 0 Å². The first-order chi connectivity index (χ1) is 21.7. The molecule has 0 N–H and O–H groups in total. The normalized spacial score (nSPS) is 12.0. The summed E-state index contributed by atoms with van der Waals surface area (Å²) in [6.07, 6.45) is 2.26. The smallest absolute Gasteiger partial charge is 0.0594 e. The van der Waals surface area contributed by atoms with Gasteiger partial charge in [-0.1, -0.05) is 121 Å². The standard InChI is InChI=1S/C42H31NS/c1-3-40(42-28(2)35-14-9-10-16-41(35)44-42)43(33-21-17-30(18-22-33)29-11-5-4-6-12-29)34-23-26-37-32(27-34)20-25-38-36-15-8-7-13-31(36)19-24-39(37)38/h3-27H,1-2H3/b40-3+. The van der Waals surface area contributed by atoms with E-state index in [0.29, 0.717) is 0 Å². The molecule has 2 heteroatoms. The predicted molar refractivity (Wildman–Crippen MR) is 193 cm³/mol. The van der Waals surface area contributed by atoms with Crippen molar-refractivity contribution in [1.82, 2.24) is 0 Å². The third-order valence-corrected chi connectivity index (χ3v) is 10.1. The fraction of sp³-hybridized carbons (Fsp3) is 0.0476. The number of benzene rings is 7. The molecule has 8 aromatic rings.